The van der Waals surface area contributed by atoms with Gasteiger partial charge in [0.25, 0.3) is 11.8 Å². The molecule has 0 atom stereocenters. The van der Waals surface area contributed by atoms with Gasteiger partial charge < -0.3 is 15.2 Å². The van der Waals surface area contributed by atoms with Crippen LogP contribution in [0, 0.1) is 0 Å². The highest BCUT2D eigenvalue weighted by Crippen LogP contribution is 2.27. The molecule has 7 nitrogen and oxygen atoms in total. The van der Waals surface area contributed by atoms with Gasteiger partial charge in [-0.05, 0) is 46.9 Å². The van der Waals surface area contributed by atoms with Crippen LogP contribution in [0.5, 0.6) is 11.5 Å². The molecule has 2 aromatic carbocycles. The summed E-state index contributed by atoms with van der Waals surface area (Å²) >= 11 is 0. The predicted molar refractivity (Wildman–Crippen MR) is 108 cm³/mol. The molecule has 0 fully saturated rings. The first kappa shape index (κ1) is 21.0. The molecule has 0 aliphatic carbocycles. The fraction of sp³-hybridized carbons (Fsp3) is 0.238. The number of methoxy groups -OCH3 is 1. The van der Waals surface area contributed by atoms with Crippen LogP contribution in [0.25, 0.3) is 6.08 Å². The number of ether oxygens (including phenoxy) is 1. The number of hydrazine groups is 1. The molecule has 0 radical (unpaired) electrons. The summed E-state index contributed by atoms with van der Waals surface area (Å²) in [5.41, 5.74) is 3.98. The average molecular weight is 383 g/mol. The molecule has 2 amide bonds. The molecule has 2 rings (SSSR count). The van der Waals surface area contributed by atoms with Gasteiger partial charge in [0.15, 0.2) is 11.5 Å². The highest BCUT2D eigenvalue weighted by Gasteiger charge is 2.17. The maximum Gasteiger partial charge on any atom is 0.281 e. The molecule has 5 N–H and O–H groups in total. The Morgan fingerprint density at radius 3 is 2.29 bits per heavy atom. The summed E-state index contributed by atoms with van der Waals surface area (Å²) in [6.45, 7) is 6.25. The van der Waals surface area contributed by atoms with E-state index in [1.165, 1.54) is 25.3 Å². The third kappa shape index (κ3) is 5.11. The van der Waals surface area contributed by atoms with E-state index in [0.29, 0.717) is 11.1 Å². The monoisotopic (exact) mass is 383 g/mol. The van der Waals surface area contributed by atoms with Crippen molar-refractivity contribution < 1.29 is 19.4 Å². The van der Waals surface area contributed by atoms with Gasteiger partial charge in [-0.25, -0.2) is 5.84 Å². The second-order valence-electron chi connectivity index (χ2n) is 7.24. The molecule has 28 heavy (non-hydrogen) atoms. The van der Waals surface area contributed by atoms with E-state index >= 15 is 0 Å². The Morgan fingerprint density at radius 2 is 1.75 bits per heavy atom. The predicted octanol–water partition coefficient (Wildman–Crippen LogP) is 2.46. The molecule has 0 saturated carbocycles. The average Bonchev–Trinajstić information content (AvgIpc) is 2.67. The zero-order valence-electron chi connectivity index (χ0n) is 16.4. The van der Waals surface area contributed by atoms with Gasteiger partial charge in [0.1, 0.15) is 5.70 Å². The number of aromatic hydroxyl groups is 1. The van der Waals surface area contributed by atoms with Gasteiger partial charge in [-0.1, -0.05) is 39.0 Å². The van der Waals surface area contributed by atoms with E-state index in [1.54, 1.807) is 18.2 Å². The molecule has 0 aliphatic heterocycles. The summed E-state index contributed by atoms with van der Waals surface area (Å²) in [5.74, 6) is 4.33. The molecule has 2 aromatic rings. The number of nitrogens with one attached hydrogen (secondary N) is 2. The third-order valence-corrected chi connectivity index (χ3v) is 4.15. The number of hydrogen-bond donors (Lipinski definition) is 4. The van der Waals surface area contributed by atoms with E-state index in [-0.39, 0.29) is 22.6 Å². The Hall–Kier alpha value is -3.32. The maximum absolute atomic E-state index is 12.6. The summed E-state index contributed by atoms with van der Waals surface area (Å²) < 4.78 is 5.05. The fourth-order valence-electron chi connectivity index (χ4n) is 2.50. The summed E-state index contributed by atoms with van der Waals surface area (Å²) in [6, 6.07) is 11.7. The Bertz CT molecular complexity index is 897. The van der Waals surface area contributed by atoms with E-state index in [0.717, 1.165) is 5.56 Å². The number of nitrogens with two attached hydrogens (primary N) is 1. The van der Waals surface area contributed by atoms with E-state index in [1.807, 2.05) is 17.6 Å². The normalized spacial score (nSPS) is 11.7. The second kappa shape index (κ2) is 8.58. The summed E-state index contributed by atoms with van der Waals surface area (Å²) in [5, 5.41) is 12.3. The maximum atomic E-state index is 12.6. The molecule has 0 saturated heterocycles. The lowest BCUT2D eigenvalue weighted by Gasteiger charge is -2.19. The van der Waals surface area contributed by atoms with Crippen molar-refractivity contribution in [2.24, 2.45) is 5.84 Å². The van der Waals surface area contributed by atoms with Gasteiger partial charge in [-0.2, -0.15) is 0 Å². The van der Waals surface area contributed by atoms with Crippen molar-refractivity contribution in [3.8, 4) is 11.5 Å². The number of amides is 2. The van der Waals surface area contributed by atoms with Crippen molar-refractivity contribution in [3.63, 3.8) is 0 Å². The summed E-state index contributed by atoms with van der Waals surface area (Å²) in [4.78, 5) is 24.7. The van der Waals surface area contributed by atoms with Crippen LogP contribution < -0.4 is 21.3 Å². The number of benzene rings is 2. The quantitative estimate of drug-likeness (QED) is 0.274. The van der Waals surface area contributed by atoms with Crippen molar-refractivity contribution in [3.05, 3.63) is 64.9 Å². The van der Waals surface area contributed by atoms with Crippen molar-refractivity contribution in [2.75, 3.05) is 7.11 Å². The lowest BCUT2D eigenvalue weighted by Crippen LogP contribution is -2.38. The Balaban J connectivity index is 2.29. The zero-order valence-corrected chi connectivity index (χ0v) is 16.4. The van der Waals surface area contributed by atoms with E-state index in [9.17, 15) is 14.7 Å². The number of hydrogen-bond acceptors (Lipinski definition) is 5. The standard InChI is InChI=1S/C21H25N3O4/c1-21(2,3)15-8-6-14(7-9-15)19(26)23-16(20(27)24-22)11-13-5-10-17(25)18(12-13)28-4/h5-12,25H,22H2,1-4H3,(H,23,26)(H,24,27)/b16-11+. The number of carbonyl (C=O) groups excluding carboxylic acids is 2. The van der Waals surface area contributed by atoms with Crippen LogP contribution in [0.3, 0.4) is 0 Å². The summed E-state index contributed by atoms with van der Waals surface area (Å²) in [6.07, 6.45) is 1.44. The molecule has 148 valence electrons. The number of carbonyl (C=O) groups is 2. The van der Waals surface area contributed by atoms with Gasteiger partial charge >= 0.3 is 0 Å². The minimum Gasteiger partial charge on any atom is -0.504 e. The van der Waals surface area contributed by atoms with Gasteiger partial charge in [0, 0.05) is 5.56 Å². The second-order valence-corrected chi connectivity index (χ2v) is 7.24. The van der Waals surface area contributed by atoms with Crippen LogP contribution >= 0.6 is 0 Å². The number of rotatable bonds is 5. The van der Waals surface area contributed by atoms with Crippen molar-refractivity contribution >= 4 is 17.9 Å². The Kier molecular flexibility index (Phi) is 6.43. The molecule has 0 bridgehead atoms. The molecule has 0 spiro atoms. The van der Waals surface area contributed by atoms with E-state index in [4.69, 9.17) is 10.6 Å². The Labute approximate surface area is 164 Å². The first-order valence-electron chi connectivity index (χ1n) is 8.67. The minimum atomic E-state index is -0.660. The number of phenols is 1. The van der Waals surface area contributed by atoms with Gasteiger partial charge in [0.2, 0.25) is 0 Å². The SMILES string of the molecule is COc1cc(/C=C(/NC(=O)c2ccc(C(C)(C)C)cc2)C(=O)NN)ccc1O. The largest absolute Gasteiger partial charge is 0.504 e. The van der Waals surface area contributed by atoms with Crippen molar-refractivity contribution in [1.82, 2.24) is 10.7 Å². The van der Waals surface area contributed by atoms with E-state index < -0.39 is 11.8 Å². The van der Waals surface area contributed by atoms with Crippen LogP contribution in [-0.2, 0) is 10.2 Å². The highest BCUT2D eigenvalue weighted by molar-refractivity contribution is 6.05. The van der Waals surface area contributed by atoms with Crippen LogP contribution in [0.4, 0.5) is 0 Å². The third-order valence-electron chi connectivity index (χ3n) is 4.15. The lowest BCUT2D eigenvalue weighted by atomic mass is 9.87. The molecule has 0 aliphatic rings. The molecular formula is C21H25N3O4. The fourth-order valence-corrected chi connectivity index (χ4v) is 2.50. The van der Waals surface area contributed by atoms with Gasteiger partial charge in [-0.3, -0.25) is 15.0 Å². The van der Waals surface area contributed by atoms with E-state index in [2.05, 4.69) is 26.1 Å². The van der Waals surface area contributed by atoms with Gasteiger partial charge in [-0.15, -0.1) is 0 Å². The molecule has 0 unspecified atom stereocenters. The first-order valence-corrected chi connectivity index (χ1v) is 8.67. The van der Waals surface area contributed by atoms with Gasteiger partial charge in [0.05, 0.1) is 7.11 Å². The smallest absolute Gasteiger partial charge is 0.281 e. The topological polar surface area (TPSA) is 114 Å². The minimum absolute atomic E-state index is 0.0303. The summed E-state index contributed by atoms with van der Waals surface area (Å²) in [7, 11) is 1.42. The van der Waals surface area contributed by atoms with Crippen LogP contribution in [-0.4, -0.2) is 24.0 Å². The number of phenolic OH excluding ortho intramolecular Hbond substituents is 1. The zero-order chi connectivity index (χ0) is 20.9. The first-order chi connectivity index (χ1) is 13.2. The molecular weight excluding hydrogens is 358 g/mol. The van der Waals surface area contributed by atoms with Crippen LogP contribution in [0.15, 0.2) is 48.2 Å². The molecule has 0 heterocycles. The van der Waals surface area contributed by atoms with Crippen LogP contribution in [0.1, 0.15) is 42.3 Å². The van der Waals surface area contributed by atoms with Crippen molar-refractivity contribution in [2.45, 2.75) is 26.2 Å². The molecule has 7 heteroatoms. The van der Waals surface area contributed by atoms with Crippen LogP contribution in [0.2, 0.25) is 0 Å². The highest BCUT2D eigenvalue weighted by atomic mass is 16.5. The molecule has 0 aromatic heterocycles. The lowest BCUT2D eigenvalue weighted by molar-refractivity contribution is -0.117. The van der Waals surface area contributed by atoms with Crippen molar-refractivity contribution in [1.29, 1.82) is 0 Å². The Morgan fingerprint density at radius 1 is 1.11 bits per heavy atom.